The van der Waals surface area contributed by atoms with Crippen LogP contribution in [-0.2, 0) is 16.0 Å². The quantitative estimate of drug-likeness (QED) is 0.831. The average molecular weight is 263 g/mol. The third kappa shape index (κ3) is 5.88. The van der Waals surface area contributed by atoms with Crippen molar-refractivity contribution in [2.75, 3.05) is 0 Å². The van der Waals surface area contributed by atoms with Crippen LogP contribution in [0.1, 0.15) is 46.1 Å². The molecular weight excluding hydrogens is 238 g/mol. The summed E-state index contributed by atoms with van der Waals surface area (Å²) >= 11 is 0. The number of hydrogen-bond acceptors (Lipinski definition) is 3. The van der Waals surface area contributed by atoms with Crippen molar-refractivity contribution < 1.29 is 9.53 Å². The van der Waals surface area contributed by atoms with Gasteiger partial charge in [-0.25, -0.2) is 0 Å². The van der Waals surface area contributed by atoms with Crippen molar-refractivity contribution >= 4 is 5.97 Å². The maximum absolute atomic E-state index is 12.0. The molecule has 106 valence electrons. The lowest BCUT2D eigenvalue weighted by Gasteiger charge is -2.28. The van der Waals surface area contributed by atoms with E-state index >= 15 is 0 Å². The summed E-state index contributed by atoms with van der Waals surface area (Å²) in [6, 6.07) is 10.2. The fraction of sp³-hybridized carbons (Fsp3) is 0.562. The molecule has 0 aliphatic heterocycles. The molecule has 0 unspecified atom stereocenters. The number of benzene rings is 1. The van der Waals surface area contributed by atoms with Gasteiger partial charge in [0.1, 0.15) is 11.1 Å². The molecule has 3 nitrogen and oxygen atoms in total. The molecule has 2 N–H and O–H groups in total. The molecule has 1 aromatic carbocycles. The summed E-state index contributed by atoms with van der Waals surface area (Å²) in [6.45, 7) is 7.30. The van der Waals surface area contributed by atoms with Crippen molar-refractivity contribution in [3.63, 3.8) is 0 Å². The van der Waals surface area contributed by atoms with Gasteiger partial charge < -0.3 is 10.5 Å². The van der Waals surface area contributed by atoms with Crippen LogP contribution in [0, 0.1) is 0 Å². The van der Waals surface area contributed by atoms with E-state index < -0.39 is 11.1 Å². The summed E-state index contributed by atoms with van der Waals surface area (Å²) in [4.78, 5) is 12.0. The van der Waals surface area contributed by atoms with E-state index in [4.69, 9.17) is 10.5 Å². The Morgan fingerprint density at radius 3 is 2.26 bits per heavy atom. The molecule has 1 aromatic rings. The molecule has 3 heteroatoms. The van der Waals surface area contributed by atoms with Crippen LogP contribution in [0.5, 0.6) is 0 Å². The molecule has 0 bridgehead atoms. The number of ether oxygens (including phenoxy) is 1. The first-order valence-corrected chi connectivity index (χ1v) is 6.77. The number of carbonyl (C=O) groups excluding carboxylic acids is 1. The molecule has 0 saturated heterocycles. The Bertz CT molecular complexity index is 405. The number of aryl methyl sites for hydroxylation is 1. The number of carbonyl (C=O) groups is 1. The predicted molar refractivity (Wildman–Crippen MR) is 77.8 cm³/mol. The van der Waals surface area contributed by atoms with Gasteiger partial charge in [-0.1, -0.05) is 30.3 Å². The second-order valence-electron chi connectivity index (χ2n) is 6.26. The summed E-state index contributed by atoms with van der Waals surface area (Å²) in [7, 11) is 0. The number of rotatable bonds is 5. The molecule has 1 rings (SSSR count). The molecule has 0 saturated carbocycles. The lowest BCUT2D eigenvalue weighted by molar-refractivity contribution is -0.161. The second-order valence-corrected chi connectivity index (χ2v) is 6.26. The average Bonchev–Trinajstić information content (AvgIpc) is 2.28. The topological polar surface area (TPSA) is 52.3 Å². The highest BCUT2D eigenvalue weighted by Crippen LogP contribution is 2.18. The largest absolute Gasteiger partial charge is 0.459 e. The first-order valence-electron chi connectivity index (χ1n) is 6.77. The Morgan fingerprint density at radius 1 is 1.16 bits per heavy atom. The Kier molecular flexibility index (Phi) is 5.12. The Labute approximate surface area is 116 Å². The molecule has 0 aliphatic carbocycles. The van der Waals surface area contributed by atoms with Crippen molar-refractivity contribution in [3.8, 4) is 0 Å². The molecule has 0 fully saturated rings. The number of esters is 1. The van der Waals surface area contributed by atoms with Crippen LogP contribution in [-0.4, -0.2) is 17.1 Å². The van der Waals surface area contributed by atoms with Gasteiger partial charge in [0.2, 0.25) is 0 Å². The van der Waals surface area contributed by atoms with Crippen LogP contribution in [0.3, 0.4) is 0 Å². The van der Waals surface area contributed by atoms with Gasteiger partial charge in [0, 0.05) is 0 Å². The van der Waals surface area contributed by atoms with Crippen LogP contribution < -0.4 is 5.73 Å². The zero-order chi connectivity index (χ0) is 14.5. The van der Waals surface area contributed by atoms with Gasteiger partial charge in [-0.2, -0.15) is 0 Å². The highest BCUT2D eigenvalue weighted by atomic mass is 16.6. The minimum absolute atomic E-state index is 0.326. The van der Waals surface area contributed by atoms with E-state index in [2.05, 4.69) is 12.1 Å². The minimum atomic E-state index is -0.915. The van der Waals surface area contributed by atoms with Crippen molar-refractivity contribution in [2.45, 2.75) is 58.1 Å². The molecule has 0 amide bonds. The van der Waals surface area contributed by atoms with E-state index in [1.54, 1.807) is 6.92 Å². The maximum atomic E-state index is 12.0. The summed E-state index contributed by atoms with van der Waals surface area (Å²) in [5.74, 6) is -0.326. The van der Waals surface area contributed by atoms with E-state index in [0.29, 0.717) is 6.42 Å². The van der Waals surface area contributed by atoms with E-state index in [-0.39, 0.29) is 5.97 Å². The molecule has 0 aromatic heterocycles. The van der Waals surface area contributed by atoms with Gasteiger partial charge in [0.15, 0.2) is 0 Å². The Hall–Kier alpha value is -1.35. The maximum Gasteiger partial charge on any atom is 0.326 e. The van der Waals surface area contributed by atoms with Crippen LogP contribution >= 0.6 is 0 Å². The van der Waals surface area contributed by atoms with Gasteiger partial charge >= 0.3 is 5.97 Å². The van der Waals surface area contributed by atoms with Crippen LogP contribution in [0.2, 0.25) is 0 Å². The van der Waals surface area contributed by atoms with Gasteiger partial charge in [0.25, 0.3) is 0 Å². The third-order valence-corrected chi connectivity index (χ3v) is 2.87. The normalized spacial score (nSPS) is 14.8. The van der Waals surface area contributed by atoms with Gasteiger partial charge in [-0.3, -0.25) is 4.79 Å². The van der Waals surface area contributed by atoms with E-state index in [1.807, 2.05) is 39.0 Å². The molecule has 0 aliphatic rings. The van der Waals surface area contributed by atoms with Gasteiger partial charge in [-0.15, -0.1) is 0 Å². The fourth-order valence-electron chi connectivity index (χ4n) is 1.80. The third-order valence-electron chi connectivity index (χ3n) is 2.87. The lowest BCUT2D eigenvalue weighted by atomic mass is 9.94. The van der Waals surface area contributed by atoms with Crippen molar-refractivity contribution in [3.05, 3.63) is 35.9 Å². The minimum Gasteiger partial charge on any atom is -0.459 e. The monoisotopic (exact) mass is 263 g/mol. The highest BCUT2D eigenvalue weighted by Gasteiger charge is 2.32. The fourth-order valence-corrected chi connectivity index (χ4v) is 1.80. The zero-order valence-electron chi connectivity index (χ0n) is 12.4. The van der Waals surface area contributed by atoms with E-state index in [1.165, 1.54) is 5.56 Å². The lowest BCUT2D eigenvalue weighted by Crippen LogP contribution is -2.48. The molecule has 0 heterocycles. The molecule has 0 radical (unpaired) electrons. The van der Waals surface area contributed by atoms with E-state index in [0.717, 1.165) is 12.8 Å². The summed E-state index contributed by atoms with van der Waals surface area (Å²) in [6.07, 6.45) is 2.42. The van der Waals surface area contributed by atoms with Gasteiger partial charge in [0.05, 0.1) is 0 Å². The van der Waals surface area contributed by atoms with Crippen LogP contribution in [0.25, 0.3) is 0 Å². The molecule has 1 atom stereocenters. The predicted octanol–water partition coefficient (Wildman–Crippen LogP) is 3.07. The van der Waals surface area contributed by atoms with Gasteiger partial charge in [-0.05, 0) is 52.5 Å². The Morgan fingerprint density at radius 2 is 1.74 bits per heavy atom. The van der Waals surface area contributed by atoms with Crippen LogP contribution in [0.4, 0.5) is 0 Å². The number of hydrogen-bond donors (Lipinski definition) is 1. The summed E-state index contributed by atoms with van der Waals surface area (Å²) in [5.41, 5.74) is 5.92. The zero-order valence-corrected chi connectivity index (χ0v) is 12.4. The number of nitrogens with two attached hydrogens (primary N) is 1. The first kappa shape index (κ1) is 15.7. The first-order chi connectivity index (χ1) is 8.71. The van der Waals surface area contributed by atoms with Crippen LogP contribution in [0.15, 0.2) is 30.3 Å². The molecule has 19 heavy (non-hydrogen) atoms. The van der Waals surface area contributed by atoms with Crippen molar-refractivity contribution in [1.29, 1.82) is 0 Å². The van der Waals surface area contributed by atoms with Crippen molar-refractivity contribution in [1.82, 2.24) is 0 Å². The summed E-state index contributed by atoms with van der Waals surface area (Å²) < 4.78 is 5.34. The smallest absolute Gasteiger partial charge is 0.326 e. The van der Waals surface area contributed by atoms with Crippen molar-refractivity contribution in [2.24, 2.45) is 5.73 Å². The molecular formula is C16H25NO2. The second kappa shape index (κ2) is 6.20. The Balaban J connectivity index is 2.44. The highest BCUT2D eigenvalue weighted by molar-refractivity contribution is 5.80. The standard InChI is InChI=1S/C16H25NO2/c1-15(2,3)19-14(18)16(4,17)12-8-11-13-9-6-5-7-10-13/h5-7,9-10H,8,11-12,17H2,1-4H3/t16-/m1/s1. The molecule has 0 spiro atoms. The van der Waals surface area contributed by atoms with E-state index in [9.17, 15) is 4.79 Å². The SMILES string of the molecule is CC(C)(C)OC(=O)[C@](C)(N)CCCc1ccccc1. The summed E-state index contributed by atoms with van der Waals surface area (Å²) in [5, 5.41) is 0.